The minimum Gasteiger partial charge on any atom is -0.493 e. The number of ether oxygens (including phenoxy) is 2. The SMILES string of the molecule is C#CCNC(=NCCc1ccc(OC)c(OC)c1)NCC.I. The largest absolute Gasteiger partial charge is 0.493 e. The van der Waals surface area contributed by atoms with E-state index in [0.29, 0.717) is 13.1 Å². The summed E-state index contributed by atoms with van der Waals surface area (Å²) < 4.78 is 10.5. The highest BCUT2D eigenvalue weighted by Crippen LogP contribution is 2.27. The van der Waals surface area contributed by atoms with Crippen LogP contribution in [0.1, 0.15) is 12.5 Å². The highest BCUT2D eigenvalue weighted by atomic mass is 127. The summed E-state index contributed by atoms with van der Waals surface area (Å²) in [5, 5.41) is 6.20. The Kier molecular flexibility index (Phi) is 11.1. The molecule has 0 aliphatic heterocycles. The molecule has 1 aromatic rings. The standard InChI is InChI=1S/C16H23N3O2.HI/c1-5-10-18-16(17-6-2)19-11-9-13-7-8-14(20-3)15(12-13)21-4;/h1,7-8,12H,6,9-11H2,2-4H3,(H2,17,18,19);1H. The Bertz CT molecular complexity index is 513. The molecule has 0 fully saturated rings. The second-order valence-corrected chi connectivity index (χ2v) is 4.26. The van der Waals surface area contributed by atoms with Crippen LogP contribution in [0.15, 0.2) is 23.2 Å². The molecule has 0 aliphatic rings. The van der Waals surface area contributed by atoms with Crippen LogP contribution in [0.5, 0.6) is 11.5 Å². The van der Waals surface area contributed by atoms with Crippen molar-refractivity contribution in [3.8, 4) is 23.8 Å². The Morgan fingerprint density at radius 3 is 2.55 bits per heavy atom. The highest BCUT2D eigenvalue weighted by molar-refractivity contribution is 14.0. The zero-order chi connectivity index (χ0) is 15.5. The third-order valence-electron chi connectivity index (χ3n) is 2.82. The first-order chi connectivity index (χ1) is 10.2. The normalized spacial score (nSPS) is 10.2. The Morgan fingerprint density at radius 2 is 1.95 bits per heavy atom. The average Bonchev–Trinajstić information content (AvgIpc) is 2.52. The van der Waals surface area contributed by atoms with Gasteiger partial charge >= 0.3 is 0 Å². The molecule has 5 nitrogen and oxygen atoms in total. The zero-order valence-corrected chi connectivity index (χ0v) is 15.6. The van der Waals surface area contributed by atoms with Crippen LogP contribution in [0.2, 0.25) is 0 Å². The van der Waals surface area contributed by atoms with Gasteiger partial charge in [-0.2, -0.15) is 0 Å². The molecule has 0 bridgehead atoms. The number of benzene rings is 1. The van der Waals surface area contributed by atoms with Crippen molar-refractivity contribution < 1.29 is 9.47 Å². The summed E-state index contributed by atoms with van der Waals surface area (Å²) in [5.74, 6) is 4.73. The lowest BCUT2D eigenvalue weighted by molar-refractivity contribution is 0.354. The van der Waals surface area contributed by atoms with Crippen molar-refractivity contribution in [2.75, 3.05) is 33.9 Å². The number of terminal acetylenes is 1. The molecule has 2 N–H and O–H groups in total. The maximum absolute atomic E-state index is 5.29. The summed E-state index contributed by atoms with van der Waals surface area (Å²) in [6.45, 7) is 3.94. The number of rotatable bonds is 7. The maximum Gasteiger partial charge on any atom is 0.192 e. The summed E-state index contributed by atoms with van der Waals surface area (Å²) >= 11 is 0. The first-order valence-corrected chi connectivity index (χ1v) is 6.91. The van der Waals surface area contributed by atoms with Crippen LogP contribution in [0.3, 0.4) is 0 Å². The fraction of sp³-hybridized carbons (Fsp3) is 0.438. The van der Waals surface area contributed by atoms with Crippen LogP contribution in [0.4, 0.5) is 0 Å². The summed E-state index contributed by atoms with van der Waals surface area (Å²) in [7, 11) is 3.26. The molecule has 0 spiro atoms. The maximum atomic E-state index is 5.29. The quantitative estimate of drug-likeness (QED) is 0.309. The molecule has 122 valence electrons. The molecule has 22 heavy (non-hydrogen) atoms. The molecular weight excluding hydrogens is 393 g/mol. The molecule has 0 saturated heterocycles. The molecular formula is C16H24IN3O2. The Balaban J connectivity index is 0.00000441. The number of hydrogen-bond acceptors (Lipinski definition) is 3. The number of halogens is 1. The lowest BCUT2D eigenvalue weighted by Crippen LogP contribution is -2.37. The molecule has 1 aromatic carbocycles. The summed E-state index contributed by atoms with van der Waals surface area (Å²) in [5.41, 5.74) is 1.14. The van der Waals surface area contributed by atoms with Crippen molar-refractivity contribution in [3.63, 3.8) is 0 Å². The van der Waals surface area contributed by atoms with Crippen molar-refractivity contribution >= 4 is 29.9 Å². The van der Waals surface area contributed by atoms with E-state index in [4.69, 9.17) is 15.9 Å². The molecule has 0 saturated carbocycles. The van der Waals surface area contributed by atoms with Crippen molar-refractivity contribution in [2.24, 2.45) is 4.99 Å². The topological polar surface area (TPSA) is 54.9 Å². The first-order valence-electron chi connectivity index (χ1n) is 6.91. The van der Waals surface area contributed by atoms with Crippen LogP contribution in [0, 0.1) is 12.3 Å². The van der Waals surface area contributed by atoms with Gasteiger partial charge in [0.05, 0.1) is 20.8 Å². The molecule has 6 heteroatoms. The van der Waals surface area contributed by atoms with Gasteiger partial charge in [-0.3, -0.25) is 4.99 Å². The van der Waals surface area contributed by atoms with Gasteiger partial charge in [-0.05, 0) is 31.0 Å². The Morgan fingerprint density at radius 1 is 1.23 bits per heavy atom. The Labute approximate surface area is 149 Å². The van der Waals surface area contributed by atoms with Crippen LogP contribution in [-0.2, 0) is 6.42 Å². The number of aliphatic imine (C=N–C) groups is 1. The van der Waals surface area contributed by atoms with Gasteiger partial charge in [-0.1, -0.05) is 12.0 Å². The fourth-order valence-electron chi connectivity index (χ4n) is 1.81. The Hall–Kier alpha value is -1.62. The lowest BCUT2D eigenvalue weighted by Gasteiger charge is -2.10. The van der Waals surface area contributed by atoms with Gasteiger partial charge in [-0.15, -0.1) is 30.4 Å². The van der Waals surface area contributed by atoms with E-state index in [2.05, 4.69) is 21.5 Å². The van der Waals surface area contributed by atoms with Gasteiger partial charge in [0, 0.05) is 13.1 Å². The van der Waals surface area contributed by atoms with Crippen molar-refractivity contribution in [1.29, 1.82) is 0 Å². The van der Waals surface area contributed by atoms with E-state index in [1.165, 1.54) is 0 Å². The van der Waals surface area contributed by atoms with Gasteiger partial charge in [-0.25, -0.2) is 0 Å². The third-order valence-corrected chi connectivity index (χ3v) is 2.82. The molecule has 0 aliphatic carbocycles. The molecule has 0 heterocycles. The molecule has 0 aromatic heterocycles. The first kappa shape index (κ1) is 20.4. The van der Waals surface area contributed by atoms with Crippen molar-refractivity contribution in [3.05, 3.63) is 23.8 Å². The number of nitrogens with one attached hydrogen (secondary N) is 2. The average molecular weight is 417 g/mol. The molecule has 0 amide bonds. The fourth-order valence-corrected chi connectivity index (χ4v) is 1.81. The van der Waals surface area contributed by atoms with Crippen LogP contribution in [0.25, 0.3) is 0 Å². The third kappa shape index (κ3) is 6.89. The van der Waals surface area contributed by atoms with Crippen LogP contribution < -0.4 is 20.1 Å². The summed E-state index contributed by atoms with van der Waals surface area (Å²) in [6, 6.07) is 5.88. The van der Waals surface area contributed by atoms with Gasteiger partial charge in [0.15, 0.2) is 17.5 Å². The van der Waals surface area contributed by atoms with E-state index in [9.17, 15) is 0 Å². The smallest absolute Gasteiger partial charge is 0.192 e. The monoisotopic (exact) mass is 417 g/mol. The van der Waals surface area contributed by atoms with Crippen molar-refractivity contribution in [2.45, 2.75) is 13.3 Å². The van der Waals surface area contributed by atoms with E-state index in [0.717, 1.165) is 36.0 Å². The highest BCUT2D eigenvalue weighted by Gasteiger charge is 2.04. The minimum atomic E-state index is 0. The molecule has 0 unspecified atom stereocenters. The molecule has 0 radical (unpaired) electrons. The summed E-state index contributed by atoms with van der Waals surface area (Å²) in [6.07, 6.45) is 6.04. The van der Waals surface area contributed by atoms with E-state index < -0.39 is 0 Å². The second kappa shape index (κ2) is 12.0. The predicted molar refractivity (Wildman–Crippen MR) is 101 cm³/mol. The number of nitrogens with zero attached hydrogens (tertiary/aromatic N) is 1. The number of guanidine groups is 1. The van der Waals surface area contributed by atoms with Gasteiger partial charge in [0.25, 0.3) is 0 Å². The minimum absolute atomic E-state index is 0. The predicted octanol–water partition coefficient (Wildman–Crippen LogP) is 2.05. The van der Waals surface area contributed by atoms with Gasteiger partial charge in [0.1, 0.15) is 0 Å². The summed E-state index contributed by atoms with van der Waals surface area (Å²) in [4.78, 5) is 4.47. The number of methoxy groups -OCH3 is 2. The van der Waals surface area contributed by atoms with E-state index in [1.807, 2.05) is 25.1 Å². The van der Waals surface area contributed by atoms with Gasteiger partial charge in [0.2, 0.25) is 0 Å². The van der Waals surface area contributed by atoms with Crippen LogP contribution in [-0.4, -0.2) is 39.8 Å². The lowest BCUT2D eigenvalue weighted by atomic mass is 10.1. The van der Waals surface area contributed by atoms with Gasteiger partial charge < -0.3 is 20.1 Å². The van der Waals surface area contributed by atoms with Crippen molar-refractivity contribution in [1.82, 2.24) is 10.6 Å². The van der Waals surface area contributed by atoms with E-state index >= 15 is 0 Å². The number of hydrogen-bond donors (Lipinski definition) is 2. The zero-order valence-electron chi connectivity index (χ0n) is 13.3. The molecule has 1 rings (SSSR count). The second-order valence-electron chi connectivity index (χ2n) is 4.26. The van der Waals surface area contributed by atoms with E-state index in [1.54, 1.807) is 14.2 Å². The molecule has 0 atom stereocenters. The van der Waals surface area contributed by atoms with Crippen LogP contribution >= 0.6 is 24.0 Å². The van der Waals surface area contributed by atoms with E-state index in [-0.39, 0.29) is 24.0 Å².